The van der Waals surface area contributed by atoms with Gasteiger partial charge in [-0.05, 0) is 100 Å². The number of benzene rings is 8. The van der Waals surface area contributed by atoms with E-state index in [0.29, 0.717) is 58.8 Å². The quantitative estimate of drug-likeness (QED) is 0.0290. The molecule has 21 atom stereocenters. The van der Waals surface area contributed by atoms with Crippen LogP contribution in [0.4, 0.5) is 20.4 Å². The Hall–Kier alpha value is -10.2. The first kappa shape index (κ1) is 98.2. The smallest absolute Gasteiger partial charge is 0.330 e. The van der Waals surface area contributed by atoms with Gasteiger partial charge in [0.25, 0.3) is 43.0 Å². The molecule has 0 spiro atoms. The molecule has 37 heteroatoms. The minimum Gasteiger partial charge on any atom is -0.374 e. The average molecular weight is 2020 g/mol. The standard InChI is InChI=1S/2C37H40FN6O4PSi.C30H38N3O6PSi/c2*1-3-29-33(31(38)37(46-29)43-24-41-32-34(39-23-40-35(32)43)42-36(45)25-14-7-4-8-15-25)48-49-44-21-13-20-28(44)30(47-49)22-50(2,26-16-9-5-10-17-26)27-18-11-6-12-19-27;1-4-24-27(28(36-2)29(37-24)32-19-17-26(34)31-30(32)35)39-40-33-18-11-16-23(33)25(38-40)20-41(3,21-12-7-5-8-13-21)22-14-9-6-10-15-22/h2*4-12,14-19,23-24,28-31,33,37H,3,13,20-22H2,1-2H3,(H,39,40,42,45);5-10,12-15,17,19,23-25,27-29H,4,11,16,18,20H2,1-3H3,(H,31,34,35)/t28-,29+,30+,31-,33?,37+,49+;28-,29-,30+,31+,33?,37-,49+;23-,24-,25+,27?,28+,29-,40+/m011/s1. The summed E-state index contributed by atoms with van der Waals surface area (Å²) in [4.78, 5) is 78.6. The highest BCUT2D eigenvalue weighted by Crippen LogP contribution is 2.63. The molecule has 22 rings (SSSR count). The van der Waals surface area contributed by atoms with Crippen LogP contribution in [0.3, 0.4) is 0 Å². The third-order valence-electron chi connectivity index (χ3n) is 29.6. The third kappa shape index (κ3) is 20.0. The van der Waals surface area contributed by atoms with Crippen LogP contribution < -0.4 is 53.0 Å². The first-order chi connectivity index (χ1) is 68.8. The van der Waals surface area contributed by atoms with Crippen molar-refractivity contribution in [1.82, 2.24) is 62.6 Å². The van der Waals surface area contributed by atoms with Crippen molar-refractivity contribution in [3.05, 3.63) is 312 Å². The van der Waals surface area contributed by atoms with E-state index in [4.69, 9.17) is 46.1 Å². The van der Waals surface area contributed by atoms with E-state index in [2.05, 4.69) is 261 Å². The van der Waals surface area contributed by atoms with Crippen LogP contribution >= 0.6 is 25.6 Å². The van der Waals surface area contributed by atoms with E-state index in [1.807, 2.05) is 32.9 Å². The van der Waals surface area contributed by atoms with E-state index in [9.17, 15) is 19.2 Å². The molecule has 2 amide bonds. The molecule has 14 heterocycles. The number of amides is 2. The van der Waals surface area contributed by atoms with Gasteiger partial charge in [0.15, 0.2) is 65.0 Å². The van der Waals surface area contributed by atoms with Gasteiger partial charge in [-0.25, -0.2) is 57.5 Å². The van der Waals surface area contributed by atoms with Crippen LogP contribution in [0.15, 0.2) is 290 Å². The molecule has 3 unspecified atom stereocenters. The Bertz CT molecular complexity index is 6150. The van der Waals surface area contributed by atoms with E-state index >= 15 is 8.78 Å². The number of hydrogen-bond donors (Lipinski definition) is 3. The van der Waals surface area contributed by atoms with E-state index in [1.54, 1.807) is 64.8 Å². The molecule has 13 aromatic rings. The fourth-order valence-electron chi connectivity index (χ4n) is 22.0. The molecule has 9 saturated heterocycles. The van der Waals surface area contributed by atoms with Crippen molar-refractivity contribution >= 4 is 127 Å². The number of nitrogens with one attached hydrogen (secondary N) is 3. The molecule has 5 aromatic heterocycles. The van der Waals surface area contributed by atoms with E-state index in [1.165, 1.54) is 73.3 Å². The maximum absolute atomic E-state index is 16.7. The summed E-state index contributed by atoms with van der Waals surface area (Å²) >= 11 is 0. The van der Waals surface area contributed by atoms with E-state index in [0.717, 1.165) is 76.3 Å². The number of H-pyrrole nitrogens is 1. The second-order valence-electron chi connectivity index (χ2n) is 38.0. The number of halogens is 2. The Labute approximate surface area is 824 Å². The summed E-state index contributed by atoms with van der Waals surface area (Å²) in [6.45, 7) is 16.0. The van der Waals surface area contributed by atoms with Crippen LogP contribution in [0.25, 0.3) is 22.3 Å². The zero-order valence-electron chi connectivity index (χ0n) is 79.7. The number of fused-ring (bicyclic) bond motifs is 5. The fraction of sp³-hybridized carbons (Fsp3) is 0.385. The lowest BCUT2D eigenvalue weighted by molar-refractivity contribution is -0.0538. The molecule has 734 valence electrons. The van der Waals surface area contributed by atoms with Gasteiger partial charge in [-0.2, -0.15) is 0 Å². The second-order valence-corrected chi connectivity index (χ2v) is 55.0. The van der Waals surface area contributed by atoms with Gasteiger partial charge in [-0.1, -0.05) is 290 Å². The molecular formula is C104H118F2N15O14P3Si3. The van der Waals surface area contributed by atoms with Gasteiger partial charge in [0.05, 0.1) is 49.3 Å². The number of hydrogen-bond acceptors (Lipinski definition) is 23. The molecule has 9 fully saturated rings. The average Bonchev–Trinajstić information content (AvgIpc) is 1.58. The first-order valence-corrected chi connectivity index (χ1v) is 60.5. The largest absolute Gasteiger partial charge is 0.374 e. The molecular weight excluding hydrogens is 1900 g/mol. The number of ether oxygens (including phenoxy) is 4. The monoisotopic (exact) mass is 2020 g/mol. The maximum atomic E-state index is 16.7. The number of aromatic amines is 1. The Morgan fingerprint density at radius 3 is 1.04 bits per heavy atom. The lowest BCUT2D eigenvalue weighted by Gasteiger charge is -2.32. The normalized spacial score (nSPS) is 27.7. The first-order valence-electron chi connectivity index (χ1n) is 49.0. The maximum Gasteiger partial charge on any atom is 0.330 e. The summed E-state index contributed by atoms with van der Waals surface area (Å²) in [5.41, 5.74) is 1.40. The van der Waals surface area contributed by atoms with Gasteiger partial charge in [0, 0.05) is 68.3 Å². The Kier molecular flexibility index (Phi) is 30.2. The number of alkyl halides is 2. The number of carbonyl (C=O) groups excluding carboxylic acids is 2. The molecule has 0 bridgehead atoms. The van der Waals surface area contributed by atoms with Crippen LogP contribution in [0.5, 0.6) is 0 Å². The number of carbonyl (C=O) groups is 2. The lowest BCUT2D eigenvalue weighted by atomic mass is 10.1. The number of aromatic nitrogens is 10. The minimum atomic E-state index is -2.19. The number of methoxy groups -OCH3 is 1. The zero-order valence-corrected chi connectivity index (χ0v) is 85.4. The topological polar surface area (TPSA) is 302 Å². The van der Waals surface area contributed by atoms with Crippen LogP contribution in [0.1, 0.15) is 118 Å². The van der Waals surface area contributed by atoms with Gasteiger partial charge >= 0.3 is 5.69 Å². The highest BCUT2D eigenvalue weighted by molar-refractivity contribution is 7.45. The number of anilines is 2. The van der Waals surface area contributed by atoms with E-state index in [-0.39, 0.29) is 59.9 Å². The summed E-state index contributed by atoms with van der Waals surface area (Å²) in [6.07, 6.45) is 5.65. The Morgan fingerprint density at radius 2 is 0.716 bits per heavy atom. The van der Waals surface area contributed by atoms with Crippen molar-refractivity contribution in [3.63, 3.8) is 0 Å². The van der Waals surface area contributed by atoms with Gasteiger partial charge in [-0.3, -0.25) is 33.1 Å². The molecule has 29 nitrogen and oxygen atoms in total. The highest BCUT2D eigenvalue weighted by atomic mass is 31.2. The molecule has 0 radical (unpaired) electrons. The minimum absolute atomic E-state index is 0.0178. The molecule has 8 aromatic carbocycles. The van der Waals surface area contributed by atoms with Crippen molar-refractivity contribution in [2.45, 2.75) is 227 Å². The number of nitrogens with zero attached hydrogens (tertiary/aromatic N) is 12. The molecule has 9 aliphatic heterocycles. The van der Waals surface area contributed by atoms with Gasteiger partial charge in [0.1, 0.15) is 61.3 Å². The predicted octanol–water partition coefficient (Wildman–Crippen LogP) is 15.4. The summed E-state index contributed by atoms with van der Waals surface area (Å²) in [5, 5.41) is 13.9. The molecule has 3 N–H and O–H groups in total. The second kappa shape index (κ2) is 43.4. The van der Waals surface area contributed by atoms with Crippen LogP contribution in [-0.2, 0) is 46.1 Å². The van der Waals surface area contributed by atoms with Crippen molar-refractivity contribution in [2.75, 3.05) is 37.4 Å². The predicted molar refractivity (Wildman–Crippen MR) is 549 cm³/mol. The SMILES string of the molecule is CC[C@H]1O[C@@H](n2ccc(=O)[nH]c2=O)[C@@H](OC)C1O[P@]1O[C@@H](C[Si](C)(c2ccccc2)c2ccccc2)[C@H]2CCCN21.CC[C@H]1O[C@@H](n2cnc3c(NC(=O)c4ccccc4)ncnc32)[C@@H](F)C1O[P@@]1O[C@H](C[Si](C)(c2ccccc2)c2ccccc2)[C@@H]2CCCN21.CC[C@H]1O[C@@H](n2cnc3c(NC(=O)c4ccccc4)ncnc32)[C@@H](F)C1O[P@]1O[C@@H](C[Si](C)(c2ccccc2)c2ccccc2)[C@H]2CCCN21. The Morgan fingerprint density at radius 1 is 0.404 bits per heavy atom. The van der Waals surface area contributed by atoms with Crippen LogP contribution in [0.2, 0.25) is 37.8 Å². The summed E-state index contributed by atoms with van der Waals surface area (Å²) < 4.78 is 111. The molecule has 0 aliphatic carbocycles. The van der Waals surface area contributed by atoms with Gasteiger partial charge < -0.3 is 56.7 Å². The van der Waals surface area contributed by atoms with Crippen molar-refractivity contribution < 1.29 is 64.5 Å². The zero-order chi connectivity index (χ0) is 97.0. The summed E-state index contributed by atoms with van der Waals surface area (Å²) in [6, 6.07) is 87.6. The Balaban J connectivity index is 0.000000130. The number of rotatable bonds is 29. The summed E-state index contributed by atoms with van der Waals surface area (Å²) in [5.74, 6) is -0.168. The van der Waals surface area contributed by atoms with Crippen molar-refractivity contribution in [3.8, 4) is 0 Å². The molecule has 0 saturated carbocycles. The molecule has 9 aliphatic rings. The third-order valence-corrected chi connectivity index (χ3v) is 48.2. The van der Waals surface area contributed by atoms with Crippen molar-refractivity contribution in [1.29, 1.82) is 0 Å². The van der Waals surface area contributed by atoms with Crippen molar-refractivity contribution in [2.24, 2.45) is 0 Å². The summed E-state index contributed by atoms with van der Waals surface area (Å²) in [7, 11) is -9.22. The van der Waals surface area contributed by atoms with E-state index < -0.39 is 129 Å². The van der Waals surface area contributed by atoms with Gasteiger partial charge in [-0.15, -0.1) is 0 Å². The van der Waals surface area contributed by atoms with Crippen LogP contribution in [-0.4, -0.2) is 217 Å². The number of imidazole rings is 2. The van der Waals surface area contributed by atoms with Gasteiger partial charge in [0.2, 0.25) is 0 Å². The van der Waals surface area contributed by atoms with Crippen LogP contribution in [0, 0.1) is 0 Å². The highest BCUT2D eigenvalue weighted by Gasteiger charge is 2.59. The lowest BCUT2D eigenvalue weighted by Crippen LogP contribution is -2.58. The fourth-order valence-corrected chi connectivity index (χ4v) is 39.9. The molecule has 141 heavy (non-hydrogen) atoms.